The number of rotatable bonds is 4. The molecule has 0 bridgehead atoms. The van der Waals surface area contributed by atoms with E-state index in [1.165, 1.54) is 18.3 Å². The maximum absolute atomic E-state index is 12.6. The minimum atomic E-state index is -0.452. The van der Waals surface area contributed by atoms with E-state index in [1.807, 2.05) is 0 Å². The van der Waals surface area contributed by atoms with Gasteiger partial charge in [-0.15, -0.1) is 0 Å². The molecule has 0 saturated heterocycles. The number of fused-ring (bicyclic) bond motifs is 2. The highest BCUT2D eigenvalue weighted by Crippen LogP contribution is 2.35. The number of pyridine rings is 1. The molecule has 0 aliphatic carbocycles. The number of nitrogens with zero attached hydrogens (tertiary/aromatic N) is 1. The quantitative estimate of drug-likeness (QED) is 0.687. The van der Waals surface area contributed by atoms with E-state index in [9.17, 15) is 9.59 Å². The van der Waals surface area contributed by atoms with Gasteiger partial charge >= 0.3 is 0 Å². The van der Waals surface area contributed by atoms with E-state index in [0.717, 1.165) is 0 Å². The molecule has 2 N–H and O–H groups in total. The first-order chi connectivity index (χ1) is 14.7. The van der Waals surface area contributed by atoms with Crippen molar-refractivity contribution in [3.05, 3.63) is 66.0 Å². The number of hydrogen-bond acceptors (Lipinski definition) is 7. The maximum atomic E-state index is 12.6. The van der Waals surface area contributed by atoms with Gasteiger partial charge in [-0.2, -0.15) is 0 Å². The molecule has 1 aromatic heterocycles. The van der Waals surface area contributed by atoms with Gasteiger partial charge in [0.05, 0.1) is 0 Å². The van der Waals surface area contributed by atoms with E-state index >= 15 is 0 Å². The highest BCUT2D eigenvalue weighted by molar-refractivity contribution is 6.08. The summed E-state index contributed by atoms with van der Waals surface area (Å²) >= 11 is 0. The first-order valence-corrected chi connectivity index (χ1v) is 9.04. The van der Waals surface area contributed by atoms with Crippen LogP contribution in [-0.2, 0) is 0 Å². The van der Waals surface area contributed by atoms with Crippen LogP contribution in [0.5, 0.6) is 23.0 Å². The van der Waals surface area contributed by atoms with Crippen LogP contribution in [0, 0.1) is 0 Å². The summed E-state index contributed by atoms with van der Waals surface area (Å²) in [6.45, 7) is 0.299. The lowest BCUT2D eigenvalue weighted by atomic mass is 10.2. The average molecular weight is 405 g/mol. The van der Waals surface area contributed by atoms with Crippen LogP contribution >= 0.6 is 0 Å². The summed E-state index contributed by atoms with van der Waals surface area (Å²) in [6, 6.07) is 13.1. The highest BCUT2D eigenvalue weighted by atomic mass is 16.7. The lowest BCUT2D eigenvalue weighted by molar-refractivity contribution is 0.102. The molecule has 150 valence electrons. The third-order valence-corrected chi connectivity index (χ3v) is 4.52. The van der Waals surface area contributed by atoms with Crippen LogP contribution in [0.15, 0.2) is 54.7 Å². The zero-order chi connectivity index (χ0) is 20.5. The maximum Gasteiger partial charge on any atom is 0.274 e. The number of nitrogens with one attached hydrogen (secondary N) is 2. The molecule has 0 radical (unpaired) electrons. The van der Waals surface area contributed by atoms with E-state index in [4.69, 9.17) is 18.9 Å². The summed E-state index contributed by atoms with van der Waals surface area (Å²) in [5.74, 6) is 1.52. The normalized spacial score (nSPS) is 13.1. The van der Waals surface area contributed by atoms with E-state index in [2.05, 4.69) is 15.6 Å². The molecule has 2 aliphatic rings. The van der Waals surface area contributed by atoms with Crippen molar-refractivity contribution in [3.63, 3.8) is 0 Å². The molecule has 0 unspecified atom stereocenters. The number of carbonyl (C=O) groups excluding carboxylic acids is 2. The molecular weight excluding hydrogens is 390 g/mol. The second-order valence-corrected chi connectivity index (χ2v) is 6.47. The first kappa shape index (κ1) is 17.8. The van der Waals surface area contributed by atoms with Crippen molar-refractivity contribution in [2.45, 2.75) is 0 Å². The number of anilines is 2. The molecule has 3 heterocycles. The molecular formula is C21H15N3O6. The summed E-state index contributed by atoms with van der Waals surface area (Å²) in [6.07, 6.45) is 1.41. The monoisotopic (exact) mass is 405 g/mol. The van der Waals surface area contributed by atoms with Gasteiger partial charge in [-0.05, 0) is 36.4 Å². The van der Waals surface area contributed by atoms with Crippen molar-refractivity contribution >= 4 is 23.2 Å². The Labute approximate surface area is 170 Å². The van der Waals surface area contributed by atoms with Crippen LogP contribution in [0.4, 0.5) is 11.4 Å². The lowest BCUT2D eigenvalue weighted by Crippen LogP contribution is -2.17. The van der Waals surface area contributed by atoms with Crippen molar-refractivity contribution in [2.24, 2.45) is 0 Å². The Kier molecular flexibility index (Phi) is 4.32. The third-order valence-electron chi connectivity index (χ3n) is 4.52. The zero-order valence-electron chi connectivity index (χ0n) is 15.5. The Balaban J connectivity index is 1.29. The highest BCUT2D eigenvalue weighted by Gasteiger charge is 2.17. The molecule has 5 rings (SSSR count). The molecule has 0 atom stereocenters. The van der Waals surface area contributed by atoms with Crippen LogP contribution < -0.4 is 29.6 Å². The fraction of sp³-hybridized carbons (Fsp3) is 0.0952. The summed E-state index contributed by atoms with van der Waals surface area (Å²) in [5, 5.41) is 5.50. The Morgan fingerprint density at radius 2 is 1.27 bits per heavy atom. The molecule has 0 saturated carbocycles. The van der Waals surface area contributed by atoms with Gasteiger partial charge < -0.3 is 29.6 Å². The summed E-state index contributed by atoms with van der Waals surface area (Å²) in [5.41, 5.74) is 1.47. The topological polar surface area (TPSA) is 108 Å². The molecule has 2 aliphatic heterocycles. The minimum Gasteiger partial charge on any atom is -0.454 e. The predicted molar refractivity (Wildman–Crippen MR) is 105 cm³/mol. The molecule has 9 heteroatoms. The fourth-order valence-corrected chi connectivity index (χ4v) is 3.04. The molecule has 9 nitrogen and oxygen atoms in total. The third kappa shape index (κ3) is 3.44. The van der Waals surface area contributed by atoms with Crippen molar-refractivity contribution in [3.8, 4) is 23.0 Å². The number of amides is 2. The van der Waals surface area contributed by atoms with Crippen LogP contribution in [0.25, 0.3) is 0 Å². The Bertz CT molecular complexity index is 1080. The van der Waals surface area contributed by atoms with Gasteiger partial charge in [0.15, 0.2) is 23.0 Å². The smallest absolute Gasteiger partial charge is 0.274 e. The Morgan fingerprint density at radius 1 is 0.700 bits per heavy atom. The fourth-order valence-electron chi connectivity index (χ4n) is 3.04. The number of aromatic nitrogens is 1. The van der Waals surface area contributed by atoms with Crippen LogP contribution in [-0.4, -0.2) is 30.4 Å². The van der Waals surface area contributed by atoms with Crippen molar-refractivity contribution in [1.29, 1.82) is 0 Å². The molecule has 0 spiro atoms. The van der Waals surface area contributed by atoms with Crippen LogP contribution in [0.2, 0.25) is 0 Å². The molecule has 0 fully saturated rings. The van der Waals surface area contributed by atoms with Crippen molar-refractivity contribution < 1.29 is 28.5 Å². The van der Waals surface area contributed by atoms with Gasteiger partial charge in [-0.25, -0.2) is 0 Å². The Hall–Kier alpha value is -4.27. The van der Waals surface area contributed by atoms with E-state index < -0.39 is 5.91 Å². The second-order valence-electron chi connectivity index (χ2n) is 6.47. The molecule has 30 heavy (non-hydrogen) atoms. The second kappa shape index (κ2) is 7.28. The molecule has 2 amide bonds. The Morgan fingerprint density at radius 3 is 1.90 bits per heavy atom. The first-order valence-electron chi connectivity index (χ1n) is 9.04. The standard InChI is InChI=1S/C21H15N3O6/c25-20(23-13-1-3-16-18(8-13)29-10-27-16)12-5-6-22-15(7-12)21(26)24-14-2-4-17-19(9-14)30-11-28-17/h1-9H,10-11H2,(H,23,25)(H,24,26). The van der Waals surface area contributed by atoms with E-state index in [0.29, 0.717) is 39.9 Å². The van der Waals surface area contributed by atoms with Gasteiger partial charge in [0.2, 0.25) is 13.6 Å². The van der Waals surface area contributed by atoms with Crippen LogP contribution in [0.3, 0.4) is 0 Å². The SMILES string of the molecule is O=C(Nc1ccc2c(c1)OCO2)c1ccnc(C(=O)Nc2ccc3c(c2)OCO3)c1. The zero-order valence-corrected chi connectivity index (χ0v) is 15.5. The summed E-state index contributed by atoms with van der Waals surface area (Å²) in [7, 11) is 0. The van der Waals surface area contributed by atoms with Crippen molar-refractivity contribution in [2.75, 3.05) is 24.2 Å². The number of ether oxygens (including phenoxy) is 4. The van der Waals surface area contributed by atoms with E-state index in [1.54, 1.807) is 36.4 Å². The van der Waals surface area contributed by atoms with Gasteiger partial charge in [0.1, 0.15) is 5.69 Å². The number of hydrogen-bond donors (Lipinski definition) is 2. The average Bonchev–Trinajstić information content (AvgIpc) is 3.42. The van der Waals surface area contributed by atoms with Crippen molar-refractivity contribution in [1.82, 2.24) is 4.98 Å². The number of carbonyl (C=O) groups is 2. The summed E-state index contributed by atoms with van der Waals surface area (Å²) in [4.78, 5) is 29.2. The lowest BCUT2D eigenvalue weighted by Gasteiger charge is -2.08. The van der Waals surface area contributed by atoms with Gasteiger partial charge in [-0.1, -0.05) is 0 Å². The summed E-state index contributed by atoms with van der Waals surface area (Å²) < 4.78 is 21.1. The minimum absolute atomic E-state index is 0.103. The molecule has 2 aromatic carbocycles. The van der Waals surface area contributed by atoms with Gasteiger partial charge in [0.25, 0.3) is 11.8 Å². The molecule has 3 aromatic rings. The predicted octanol–water partition coefficient (Wildman–Crippen LogP) is 3.04. The number of benzene rings is 2. The van der Waals surface area contributed by atoms with Gasteiger partial charge in [0, 0.05) is 35.3 Å². The largest absolute Gasteiger partial charge is 0.454 e. The van der Waals surface area contributed by atoms with E-state index in [-0.39, 0.29) is 25.2 Å². The van der Waals surface area contributed by atoms with Crippen LogP contribution in [0.1, 0.15) is 20.8 Å². The van der Waals surface area contributed by atoms with Gasteiger partial charge in [-0.3, -0.25) is 14.6 Å².